The second-order valence-electron chi connectivity index (χ2n) is 3.95. The van der Waals surface area contributed by atoms with E-state index in [1.54, 1.807) is 26.8 Å². The van der Waals surface area contributed by atoms with Gasteiger partial charge in [0.15, 0.2) is 11.9 Å². The molecular weight excluding hydrogens is 238 g/mol. The number of nitrogens with two attached hydrogens (primary N) is 1. The van der Waals surface area contributed by atoms with Crippen molar-refractivity contribution in [2.24, 2.45) is 10.9 Å². The Bertz CT molecular complexity index is 499. The molecule has 1 aromatic carbocycles. The monoisotopic (exact) mass is 253 g/mol. The predicted molar refractivity (Wildman–Crippen MR) is 66.1 cm³/mol. The number of aryl methyl sites for hydroxylation is 2. The van der Waals surface area contributed by atoms with Gasteiger partial charge in [0.25, 0.3) is 5.69 Å². The SMILES string of the molecule is Cc1cc([N+](=O)[O-])c(C)cc1OC(C)C(N)=NO. The highest BCUT2D eigenvalue weighted by molar-refractivity contribution is 5.84. The Morgan fingerprint density at radius 1 is 1.50 bits per heavy atom. The first-order valence-corrected chi connectivity index (χ1v) is 5.26. The largest absolute Gasteiger partial charge is 0.482 e. The third-order valence-corrected chi connectivity index (χ3v) is 2.53. The normalized spacial score (nSPS) is 13.2. The molecule has 0 saturated carbocycles. The number of ether oxygens (including phenoxy) is 1. The van der Waals surface area contributed by atoms with E-state index in [9.17, 15) is 10.1 Å². The smallest absolute Gasteiger partial charge is 0.272 e. The number of amidine groups is 1. The van der Waals surface area contributed by atoms with Gasteiger partial charge < -0.3 is 15.7 Å². The van der Waals surface area contributed by atoms with Crippen LogP contribution in [0.2, 0.25) is 0 Å². The Balaban J connectivity index is 3.05. The molecule has 3 N–H and O–H groups in total. The van der Waals surface area contributed by atoms with Crippen LogP contribution >= 0.6 is 0 Å². The summed E-state index contributed by atoms with van der Waals surface area (Å²) in [5.74, 6) is 0.405. The average molecular weight is 253 g/mol. The van der Waals surface area contributed by atoms with Crippen LogP contribution in [-0.4, -0.2) is 22.1 Å². The Hall–Kier alpha value is -2.31. The van der Waals surface area contributed by atoms with Gasteiger partial charge in [0.1, 0.15) is 5.75 Å². The molecule has 0 amide bonds. The molecule has 0 saturated heterocycles. The molecule has 1 unspecified atom stereocenters. The van der Waals surface area contributed by atoms with Crippen LogP contribution in [0.1, 0.15) is 18.1 Å². The van der Waals surface area contributed by atoms with Crippen molar-refractivity contribution in [2.45, 2.75) is 26.9 Å². The van der Waals surface area contributed by atoms with Crippen LogP contribution in [-0.2, 0) is 0 Å². The van der Waals surface area contributed by atoms with Crippen LogP contribution in [0, 0.1) is 24.0 Å². The molecule has 0 aliphatic heterocycles. The second-order valence-corrected chi connectivity index (χ2v) is 3.95. The van der Waals surface area contributed by atoms with Gasteiger partial charge >= 0.3 is 0 Å². The summed E-state index contributed by atoms with van der Waals surface area (Å²) in [4.78, 5) is 10.3. The molecule has 0 heterocycles. The van der Waals surface area contributed by atoms with E-state index < -0.39 is 11.0 Å². The lowest BCUT2D eigenvalue weighted by Gasteiger charge is -2.15. The Morgan fingerprint density at radius 2 is 2.11 bits per heavy atom. The Kier molecular flexibility index (Phi) is 4.09. The Labute approximate surface area is 104 Å². The lowest BCUT2D eigenvalue weighted by atomic mass is 10.1. The minimum atomic E-state index is -0.616. The number of nitro groups is 1. The van der Waals surface area contributed by atoms with E-state index in [0.29, 0.717) is 16.9 Å². The molecular formula is C11H15N3O4. The fourth-order valence-corrected chi connectivity index (χ4v) is 1.43. The zero-order valence-corrected chi connectivity index (χ0v) is 10.4. The molecule has 0 radical (unpaired) electrons. The van der Waals surface area contributed by atoms with E-state index in [1.807, 2.05) is 0 Å². The molecule has 1 aromatic rings. The van der Waals surface area contributed by atoms with Crippen molar-refractivity contribution >= 4 is 11.5 Å². The van der Waals surface area contributed by atoms with E-state index >= 15 is 0 Å². The minimum absolute atomic E-state index is 0.0382. The highest BCUT2D eigenvalue weighted by atomic mass is 16.6. The maximum atomic E-state index is 10.8. The zero-order valence-electron chi connectivity index (χ0n) is 10.4. The first-order valence-electron chi connectivity index (χ1n) is 5.26. The quantitative estimate of drug-likeness (QED) is 0.279. The third kappa shape index (κ3) is 2.88. The summed E-state index contributed by atoms with van der Waals surface area (Å²) < 4.78 is 5.47. The first kappa shape index (κ1) is 13.8. The summed E-state index contributed by atoms with van der Waals surface area (Å²) in [7, 11) is 0. The number of nitrogens with zero attached hydrogens (tertiary/aromatic N) is 2. The predicted octanol–water partition coefficient (Wildman–Crippen LogP) is 1.73. The molecule has 0 bridgehead atoms. The number of benzene rings is 1. The molecule has 98 valence electrons. The molecule has 0 aliphatic rings. The number of nitro benzene ring substituents is 1. The molecule has 0 aliphatic carbocycles. The van der Waals surface area contributed by atoms with Gasteiger partial charge in [-0.1, -0.05) is 5.16 Å². The van der Waals surface area contributed by atoms with Gasteiger partial charge in [0.05, 0.1) is 4.92 Å². The molecule has 1 rings (SSSR count). The van der Waals surface area contributed by atoms with Gasteiger partial charge in [-0.25, -0.2) is 0 Å². The summed E-state index contributed by atoms with van der Waals surface area (Å²) in [5.41, 5.74) is 6.54. The van der Waals surface area contributed by atoms with Gasteiger partial charge in [-0.05, 0) is 32.4 Å². The van der Waals surface area contributed by atoms with Gasteiger partial charge in [0, 0.05) is 11.6 Å². The van der Waals surface area contributed by atoms with Crippen molar-refractivity contribution < 1.29 is 14.9 Å². The number of oxime groups is 1. The molecule has 7 heteroatoms. The molecule has 18 heavy (non-hydrogen) atoms. The summed E-state index contributed by atoms with van der Waals surface area (Å²) in [5, 5.41) is 22.1. The number of hydrogen-bond acceptors (Lipinski definition) is 5. The van der Waals surface area contributed by atoms with Crippen molar-refractivity contribution in [1.82, 2.24) is 0 Å². The van der Waals surface area contributed by atoms with Crippen LogP contribution in [0.4, 0.5) is 5.69 Å². The first-order chi connectivity index (χ1) is 8.36. The maximum Gasteiger partial charge on any atom is 0.272 e. The van der Waals surface area contributed by atoms with Crippen LogP contribution < -0.4 is 10.5 Å². The van der Waals surface area contributed by atoms with E-state index in [1.165, 1.54) is 6.07 Å². The summed E-state index contributed by atoms with van der Waals surface area (Å²) in [6, 6.07) is 3.00. The van der Waals surface area contributed by atoms with Gasteiger partial charge in [-0.3, -0.25) is 10.1 Å². The van der Waals surface area contributed by atoms with Crippen LogP contribution in [0.15, 0.2) is 17.3 Å². The lowest BCUT2D eigenvalue weighted by molar-refractivity contribution is -0.385. The summed E-state index contributed by atoms with van der Waals surface area (Å²) in [6.45, 7) is 4.94. The van der Waals surface area contributed by atoms with Crippen molar-refractivity contribution in [1.29, 1.82) is 0 Å². The topological polar surface area (TPSA) is 111 Å². The fourth-order valence-electron chi connectivity index (χ4n) is 1.43. The van der Waals surface area contributed by atoms with Crippen molar-refractivity contribution in [3.05, 3.63) is 33.4 Å². The second kappa shape index (κ2) is 5.35. The summed E-state index contributed by atoms with van der Waals surface area (Å²) in [6.07, 6.45) is -0.616. The van der Waals surface area contributed by atoms with Crippen LogP contribution in [0.5, 0.6) is 5.75 Å². The maximum absolute atomic E-state index is 10.8. The Morgan fingerprint density at radius 3 is 2.61 bits per heavy atom. The highest BCUT2D eigenvalue weighted by Gasteiger charge is 2.16. The van der Waals surface area contributed by atoms with Crippen LogP contribution in [0.3, 0.4) is 0 Å². The lowest BCUT2D eigenvalue weighted by Crippen LogP contribution is -2.31. The number of rotatable bonds is 4. The van der Waals surface area contributed by atoms with E-state index in [4.69, 9.17) is 15.7 Å². The molecule has 0 fully saturated rings. The number of hydrogen-bond donors (Lipinski definition) is 2. The average Bonchev–Trinajstić information content (AvgIpc) is 2.31. The molecule has 7 nitrogen and oxygen atoms in total. The van der Waals surface area contributed by atoms with Crippen molar-refractivity contribution in [2.75, 3.05) is 0 Å². The van der Waals surface area contributed by atoms with Gasteiger partial charge in [0.2, 0.25) is 0 Å². The highest BCUT2D eigenvalue weighted by Crippen LogP contribution is 2.28. The molecule has 1 atom stereocenters. The van der Waals surface area contributed by atoms with E-state index in [-0.39, 0.29) is 11.5 Å². The standard InChI is InChI=1S/C11H15N3O4/c1-6-5-10(18-8(3)11(12)13-15)7(2)4-9(6)14(16)17/h4-5,8,15H,1-3H3,(H2,12,13). The van der Waals surface area contributed by atoms with Crippen LogP contribution in [0.25, 0.3) is 0 Å². The van der Waals surface area contributed by atoms with E-state index in [2.05, 4.69) is 5.16 Å². The van der Waals surface area contributed by atoms with Gasteiger partial charge in [-0.2, -0.15) is 0 Å². The van der Waals surface area contributed by atoms with Crippen molar-refractivity contribution in [3.63, 3.8) is 0 Å². The molecule has 0 spiro atoms. The van der Waals surface area contributed by atoms with Gasteiger partial charge in [-0.15, -0.1) is 0 Å². The van der Waals surface area contributed by atoms with E-state index in [0.717, 1.165) is 0 Å². The minimum Gasteiger partial charge on any atom is -0.482 e. The molecule has 0 aromatic heterocycles. The van der Waals surface area contributed by atoms with Crippen molar-refractivity contribution in [3.8, 4) is 5.75 Å². The zero-order chi connectivity index (χ0) is 13.9. The fraction of sp³-hybridized carbons (Fsp3) is 0.364. The third-order valence-electron chi connectivity index (χ3n) is 2.53. The summed E-state index contributed by atoms with van der Waals surface area (Å²) >= 11 is 0.